The predicted molar refractivity (Wildman–Crippen MR) is 384 cm³/mol. The van der Waals surface area contributed by atoms with Gasteiger partial charge in [0, 0.05) is 118 Å². The topological polar surface area (TPSA) is 424 Å². The van der Waals surface area contributed by atoms with Gasteiger partial charge < -0.3 is 51.8 Å². The average Bonchev–Trinajstić information content (AvgIpc) is 1.51. The fraction of sp³-hybridized carbons (Fsp3) is 0.365. The highest BCUT2D eigenvalue weighted by Crippen LogP contribution is 2.31. The monoisotopic (exact) mass is 1530 g/mol. The zero-order valence-electron chi connectivity index (χ0n) is 60.8. The van der Waals surface area contributed by atoms with Crippen LogP contribution >= 0.6 is 0 Å². The van der Waals surface area contributed by atoms with E-state index in [0.717, 1.165) is 85.0 Å². The summed E-state index contributed by atoms with van der Waals surface area (Å²) in [5.41, 5.74) is 4.43. The minimum atomic E-state index is -0.949. The van der Waals surface area contributed by atoms with Crippen LogP contribution in [0.1, 0.15) is 132 Å². The van der Waals surface area contributed by atoms with Crippen LogP contribution in [0.2, 0.25) is 0 Å². The van der Waals surface area contributed by atoms with E-state index in [-0.39, 0.29) is 105 Å². The van der Waals surface area contributed by atoms with E-state index in [1.165, 1.54) is 12.1 Å². The Morgan fingerprint density at radius 2 is 0.890 bits per heavy atom. The predicted octanol–water partition coefficient (Wildman–Crippen LogP) is 3.00. The fourth-order valence-electron chi connectivity index (χ4n) is 11.4. The molecule has 5 saturated heterocycles. The quantitative estimate of drug-likeness (QED) is 0.0198. The van der Waals surface area contributed by atoms with E-state index in [9.17, 15) is 71.9 Å². The number of hydrogen-bond acceptors (Lipinski definition) is 24. The van der Waals surface area contributed by atoms with Crippen molar-refractivity contribution in [3.05, 3.63) is 131 Å². The first-order valence-electron chi connectivity index (χ1n) is 35.1. The van der Waals surface area contributed by atoms with E-state index >= 15 is 0 Å². The number of halogens is 1. The Morgan fingerprint density at radius 3 is 1.35 bits per heavy atom. The molecule has 578 valence electrons. The molecule has 6 aliphatic heterocycles. The van der Waals surface area contributed by atoms with Crippen molar-refractivity contribution in [2.24, 2.45) is 0 Å². The molecule has 0 aromatic heterocycles. The van der Waals surface area contributed by atoms with Gasteiger partial charge in [0.05, 0.1) is 17.9 Å². The van der Waals surface area contributed by atoms with Gasteiger partial charge in [0.15, 0.2) is 11.3 Å². The normalized spacial score (nSPS) is 14.6. The SMILES string of the molecule is CCN(CC)CCNC(=O)c1ccc(NC(=O)ON2C(=O)CCC2=O)cc1.CCN(CC)CCNC(=O)c1ccc2cc(NC(=O)ON3C(=O)CCC3=O)ccc2c1.CC[N+](CC)=c1cc2oc3cc(CC(=O)ON4C(=O)CCC4=O)ccc3nc-2c2ccccc12.O=C1CCC(=O)N1O.O=C1CCC(=O)N1O.[Cl-]. The highest BCUT2D eigenvalue weighted by atomic mass is 35.5. The summed E-state index contributed by atoms with van der Waals surface area (Å²) in [5, 5.41) is 34.2. The number of rotatable bonds is 21. The summed E-state index contributed by atoms with van der Waals surface area (Å²) in [6.07, 6.45) is -1.14. The van der Waals surface area contributed by atoms with Crippen molar-refractivity contribution < 1.29 is 114 Å². The molecule has 0 radical (unpaired) electrons. The zero-order valence-corrected chi connectivity index (χ0v) is 61.6. The molecule has 14 amide bonds. The van der Waals surface area contributed by atoms with Gasteiger partial charge in [0.1, 0.15) is 24.3 Å². The first kappa shape index (κ1) is 84.3. The number of anilines is 2. The summed E-state index contributed by atoms with van der Waals surface area (Å²) in [5.74, 6) is -5.58. The first-order valence-corrected chi connectivity index (χ1v) is 35.1. The third-order valence-electron chi connectivity index (χ3n) is 17.5. The van der Waals surface area contributed by atoms with Crippen molar-refractivity contribution in [3.63, 3.8) is 0 Å². The van der Waals surface area contributed by atoms with Crippen LogP contribution in [0.4, 0.5) is 21.0 Å². The Morgan fingerprint density at radius 1 is 0.477 bits per heavy atom. The Hall–Kier alpha value is -12.0. The van der Waals surface area contributed by atoms with E-state index in [1.54, 1.807) is 66.7 Å². The molecule has 6 heterocycles. The lowest BCUT2D eigenvalue weighted by atomic mass is 10.0. The van der Waals surface area contributed by atoms with Gasteiger partial charge in [-0.1, -0.05) is 64.1 Å². The van der Waals surface area contributed by atoms with E-state index < -0.39 is 77.2 Å². The molecule has 34 nitrogen and oxygen atoms in total. The number of amides is 14. The van der Waals surface area contributed by atoms with Gasteiger partial charge in [-0.2, -0.15) is 10.1 Å². The molecule has 109 heavy (non-hydrogen) atoms. The number of imide groups is 5. The highest BCUT2D eigenvalue weighted by molar-refractivity contribution is 6.06. The number of aromatic nitrogens is 1. The molecular formula is C74H84ClN13O21. The molecule has 0 saturated carbocycles. The summed E-state index contributed by atoms with van der Waals surface area (Å²) >= 11 is 0. The highest BCUT2D eigenvalue weighted by Gasteiger charge is 2.36. The van der Waals surface area contributed by atoms with Gasteiger partial charge in [-0.05, 0) is 123 Å². The first-order chi connectivity index (χ1) is 51.8. The van der Waals surface area contributed by atoms with E-state index in [0.29, 0.717) is 73.2 Å². The number of nitrogens with one attached hydrogen (secondary N) is 4. The average molecular weight is 1530 g/mol. The molecule has 6 N–H and O–H groups in total. The van der Waals surface area contributed by atoms with Gasteiger partial charge >= 0.3 is 18.2 Å². The van der Waals surface area contributed by atoms with Crippen LogP contribution in [-0.2, 0) is 73.7 Å². The lowest BCUT2D eigenvalue weighted by Gasteiger charge is -2.18. The van der Waals surface area contributed by atoms with Crippen molar-refractivity contribution in [2.75, 3.05) is 76.1 Å². The molecule has 0 bridgehead atoms. The van der Waals surface area contributed by atoms with Crippen LogP contribution in [0, 0.1) is 0 Å². The number of carbonyl (C=O) groups excluding carboxylic acids is 15. The lowest BCUT2D eigenvalue weighted by Crippen LogP contribution is -3.00. The molecule has 5 aromatic rings. The number of likely N-dealkylation sites (N-methyl/N-ethyl adjacent to an activating group) is 2. The van der Waals surface area contributed by atoms with Gasteiger partial charge in [-0.15, -0.1) is 15.2 Å². The number of hydroxylamine groups is 10. The number of benzene rings is 6. The Labute approximate surface area is 630 Å². The van der Waals surface area contributed by atoms with E-state index in [4.69, 9.17) is 34.3 Å². The maximum absolute atomic E-state index is 12.4. The summed E-state index contributed by atoms with van der Waals surface area (Å²) in [4.78, 5) is 195. The van der Waals surface area contributed by atoms with Crippen LogP contribution in [0.3, 0.4) is 0 Å². The minimum Gasteiger partial charge on any atom is -1.00 e. The third-order valence-corrected chi connectivity index (χ3v) is 17.5. The number of nitrogens with zero attached hydrogens (tertiary/aromatic N) is 9. The second kappa shape index (κ2) is 40.1. The third kappa shape index (κ3) is 22.8. The molecular weight excluding hydrogens is 1440 g/mol. The van der Waals surface area contributed by atoms with Gasteiger partial charge in [0.2, 0.25) is 5.36 Å². The van der Waals surface area contributed by atoms with Crippen LogP contribution in [-0.4, -0.2) is 205 Å². The van der Waals surface area contributed by atoms with E-state index in [1.807, 2.05) is 24.3 Å². The Kier molecular flexibility index (Phi) is 31.0. The second-order valence-corrected chi connectivity index (χ2v) is 24.5. The molecule has 0 unspecified atom stereocenters. The smallest absolute Gasteiger partial charge is 0.436 e. The number of carbonyl (C=O) groups is 15. The van der Waals surface area contributed by atoms with Crippen molar-refractivity contribution >= 4 is 133 Å². The van der Waals surface area contributed by atoms with Crippen LogP contribution in [0.15, 0.2) is 114 Å². The summed E-state index contributed by atoms with van der Waals surface area (Å²) < 4.78 is 8.54. The Bertz CT molecular complexity index is 4540. The van der Waals surface area contributed by atoms with Crippen molar-refractivity contribution in [2.45, 2.75) is 112 Å². The zero-order chi connectivity index (χ0) is 78.3. The maximum Gasteiger partial charge on any atom is 0.436 e. The molecule has 7 aliphatic rings. The van der Waals surface area contributed by atoms with Crippen LogP contribution in [0.25, 0.3) is 44.1 Å². The van der Waals surface area contributed by atoms with Crippen molar-refractivity contribution in [1.82, 2.24) is 55.3 Å². The van der Waals surface area contributed by atoms with Crippen LogP contribution < -0.4 is 43.6 Å². The molecule has 5 fully saturated rings. The van der Waals surface area contributed by atoms with Gasteiger partial charge in [0.25, 0.3) is 70.9 Å². The van der Waals surface area contributed by atoms with Crippen LogP contribution in [0.5, 0.6) is 0 Å². The minimum absolute atomic E-state index is 0. The summed E-state index contributed by atoms with van der Waals surface area (Å²) in [6, 6.07) is 32.1. The number of fused-ring (bicyclic) bond motifs is 5. The number of hydrogen-bond donors (Lipinski definition) is 6. The molecule has 0 spiro atoms. The van der Waals surface area contributed by atoms with E-state index in [2.05, 4.69) is 83.3 Å². The molecule has 12 rings (SSSR count). The van der Waals surface area contributed by atoms with Crippen molar-refractivity contribution in [3.8, 4) is 11.5 Å². The van der Waals surface area contributed by atoms with Gasteiger partial charge in [-0.3, -0.25) is 78.6 Å². The largest absolute Gasteiger partial charge is 1.00 e. The van der Waals surface area contributed by atoms with Crippen molar-refractivity contribution in [1.29, 1.82) is 0 Å². The summed E-state index contributed by atoms with van der Waals surface area (Å²) in [7, 11) is 0. The second-order valence-electron chi connectivity index (χ2n) is 24.5. The summed E-state index contributed by atoms with van der Waals surface area (Å²) in [6.45, 7) is 20.7. The maximum atomic E-state index is 12.4. The Balaban J connectivity index is 0.000000206. The fourth-order valence-corrected chi connectivity index (χ4v) is 11.4. The molecule has 35 heteroatoms. The molecule has 1 aliphatic carbocycles. The standard InChI is InChI=1S/C26H24N3O5.C22H26N4O5.C18H24N4O5.2C4H5NO3.ClH/c1-3-28(4-2)20-15-22-26(18-8-6-5-7-17(18)20)27-19-10-9-16(13-21(19)33-22)14-25(32)34-29-23(30)11-12-24(29)31;1-3-25(4-2)12-11-23-21(29)17-6-5-16-14-18(8-7-15(16)13-17)24-22(30)31-26-19(27)9-10-20(26)28;1-3-21(4-2)12-11-19-17(25)13-5-7-14(8-6-13)20-18(26)27-22-15(23)9-10-16(22)24;2*6-3-1-2-4(7)5(3)8;/h5-10,13,15H,3-4,11-12,14H2,1-2H3;5-8,13-14H,3-4,9-12H2,1-2H3,(H,23,29)(H,24,30);5-8H,3-4,9-12H2,1-2H3,(H,19,25)(H,20,26);2*8H,1-2H2;1H/q+1;;;;;/p-1. The lowest BCUT2D eigenvalue weighted by molar-refractivity contribution is -0.197. The van der Waals surface area contributed by atoms with Gasteiger partial charge in [-0.25, -0.2) is 23.9 Å². The molecule has 0 atom stereocenters. The molecule has 5 aromatic carbocycles.